The molecule has 2 heterocycles. The van der Waals surface area contributed by atoms with E-state index in [4.69, 9.17) is 11.6 Å². The fraction of sp³-hybridized carbons (Fsp3) is 0.562. The van der Waals surface area contributed by atoms with Crippen molar-refractivity contribution in [2.75, 3.05) is 32.7 Å². The van der Waals surface area contributed by atoms with Crippen molar-refractivity contribution in [3.63, 3.8) is 0 Å². The van der Waals surface area contributed by atoms with E-state index >= 15 is 0 Å². The Hall–Kier alpha value is -1.14. The number of carbonyl (C=O) groups is 1. The van der Waals surface area contributed by atoms with Crippen LogP contribution in [0, 0.1) is 0 Å². The molecule has 2 aliphatic rings. The van der Waals surface area contributed by atoms with Gasteiger partial charge in [0.2, 0.25) is 5.91 Å². The molecule has 0 aromatic heterocycles. The molecule has 0 bridgehead atoms. The number of nitrogens with one attached hydrogen (secondary N) is 2. The number of nitrogens with zero attached hydrogens (tertiary/aromatic N) is 2. The van der Waals surface area contributed by atoms with Crippen molar-refractivity contribution in [2.45, 2.75) is 25.7 Å². The minimum Gasteiger partial charge on any atom is -0.328 e. The van der Waals surface area contributed by atoms with Crippen LogP contribution in [0.5, 0.6) is 0 Å². The molecule has 2 N–H and O–H groups in total. The fourth-order valence-corrected chi connectivity index (χ4v) is 3.45. The van der Waals surface area contributed by atoms with Gasteiger partial charge in [-0.25, -0.2) is 0 Å². The SMILES string of the molecule is CCN1CCN(C2NC(=O)CC(c3ccccc3Cl)N2)CC1. The third kappa shape index (κ3) is 3.43. The van der Waals surface area contributed by atoms with Gasteiger partial charge in [0.25, 0.3) is 0 Å². The van der Waals surface area contributed by atoms with Gasteiger partial charge in [-0.05, 0) is 18.2 Å². The van der Waals surface area contributed by atoms with Crippen LogP contribution in [-0.2, 0) is 4.79 Å². The number of hydrogen-bond donors (Lipinski definition) is 2. The molecular formula is C16H23ClN4O. The molecule has 22 heavy (non-hydrogen) atoms. The summed E-state index contributed by atoms with van der Waals surface area (Å²) >= 11 is 6.28. The summed E-state index contributed by atoms with van der Waals surface area (Å²) in [4.78, 5) is 16.8. The summed E-state index contributed by atoms with van der Waals surface area (Å²) in [7, 11) is 0. The van der Waals surface area contributed by atoms with Gasteiger partial charge in [-0.3, -0.25) is 15.0 Å². The normalized spacial score (nSPS) is 27.6. The molecule has 1 amide bonds. The third-order valence-electron chi connectivity index (χ3n) is 4.55. The molecule has 0 spiro atoms. The smallest absolute Gasteiger partial charge is 0.224 e. The molecule has 3 rings (SSSR count). The Labute approximate surface area is 136 Å². The van der Waals surface area contributed by atoms with Gasteiger partial charge in [0.05, 0.1) is 0 Å². The largest absolute Gasteiger partial charge is 0.328 e. The molecule has 2 fully saturated rings. The van der Waals surface area contributed by atoms with E-state index in [0.29, 0.717) is 11.4 Å². The molecule has 2 unspecified atom stereocenters. The average molecular weight is 323 g/mol. The summed E-state index contributed by atoms with van der Waals surface area (Å²) < 4.78 is 0. The highest BCUT2D eigenvalue weighted by Gasteiger charge is 2.32. The van der Waals surface area contributed by atoms with E-state index in [1.54, 1.807) is 0 Å². The molecule has 0 aliphatic carbocycles. The highest BCUT2D eigenvalue weighted by molar-refractivity contribution is 6.31. The van der Waals surface area contributed by atoms with E-state index in [2.05, 4.69) is 27.4 Å². The Balaban J connectivity index is 1.69. The number of halogens is 1. The lowest BCUT2D eigenvalue weighted by Gasteiger charge is -2.43. The monoisotopic (exact) mass is 322 g/mol. The number of hydrogen-bond acceptors (Lipinski definition) is 4. The van der Waals surface area contributed by atoms with Crippen molar-refractivity contribution in [2.24, 2.45) is 0 Å². The predicted octanol–water partition coefficient (Wildman–Crippen LogP) is 1.41. The minimum atomic E-state index is -0.110. The van der Waals surface area contributed by atoms with Gasteiger partial charge < -0.3 is 10.2 Å². The van der Waals surface area contributed by atoms with Gasteiger partial charge in [-0.1, -0.05) is 36.7 Å². The summed E-state index contributed by atoms with van der Waals surface area (Å²) in [5.74, 6) is 0.0755. The van der Waals surface area contributed by atoms with Gasteiger partial charge >= 0.3 is 0 Å². The molecule has 120 valence electrons. The zero-order valence-corrected chi connectivity index (χ0v) is 13.6. The second-order valence-electron chi connectivity index (χ2n) is 5.89. The van der Waals surface area contributed by atoms with E-state index in [1.165, 1.54) is 0 Å². The van der Waals surface area contributed by atoms with Crippen molar-refractivity contribution in [3.05, 3.63) is 34.9 Å². The first-order chi connectivity index (χ1) is 10.7. The Kier molecular flexibility index (Phi) is 4.98. The Morgan fingerprint density at radius 2 is 1.95 bits per heavy atom. The maximum atomic E-state index is 12.1. The lowest BCUT2D eigenvalue weighted by molar-refractivity contribution is -0.127. The minimum absolute atomic E-state index is 0.0309. The highest BCUT2D eigenvalue weighted by atomic mass is 35.5. The number of carbonyl (C=O) groups excluding carboxylic acids is 1. The highest BCUT2D eigenvalue weighted by Crippen LogP contribution is 2.27. The Morgan fingerprint density at radius 3 is 2.64 bits per heavy atom. The zero-order chi connectivity index (χ0) is 15.5. The van der Waals surface area contributed by atoms with E-state index in [0.717, 1.165) is 38.3 Å². The van der Waals surface area contributed by atoms with Gasteiger partial charge in [-0.2, -0.15) is 0 Å². The standard InChI is InChI=1S/C16H23ClN4O/c1-2-20-7-9-21(10-8-20)16-18-14(11-15(22)19-16)12-5-3-4-6-13(12)17/h3-6,14,16,18H,2,7-11H2,1H3,(H,19,22). The summed E-state index contributed by atoms with van der Waals surface area (Å²) in [6.45, 7) is 7.27. The van der Waals surface area contributed by atoms with E-state index < -0.39 is 0 Å². The van der Waals surface area contributed by atoms with Crippen LogP contribution in [-0.4, -0.2) is 54.7 Å². The molecule has 2 aliphatic heterocycles. The van der Waals surface area contributed by atoms with Gasteiger partial charge in [0.1, 0.15) is 6.29 Å². The molecule has 1 aromatic carbocycles. The molecule has 6 heteroatoms. The summed E-state index contributed by atoms with van der Waals surface area (Å²) in [5.41, 5.74) is 0.996. The van der Waals surface area contributed by atoms with E-state index in [1.807, 2.05) is 24.3 Å². The average Bonchev–Trinajstić information content (AvgIpc) is 2.55. The van der Waals surface area contributed by atoms with Crippen LogP contribution in [0.25, 0.3) is 0 Å². The summed E-state index contributed by atoms with van der Waals surface area (Å²) in [5, 5.41) is 7.30. The number of rotatable bonds is 3. The van der Waals surface area contributed by atoms with Crippen LogP contribution in [0.3, 0.4) is 0 Å². The number of likely N-dealkylation sites (N-methyl/N-ethyl adjacent to an activating group) is 1. The lowest BCUT2D eigenvalue weighted by Crippen LogP contribution is -2.64. The molecule has 0 saturated carbocycles. The second kappa shape index (κ2) is 6.96. The molecule has 2 saturated heterocycles. The predicted molar refractivity (Wildman–Crippen MR) is 87.6 cm³/mol. The van der Waals surface area contributed by atoms with Crippen LogP contribution in [0.1, 0.15) is 24.9 Å². The van der Waals surface area contributed by atoms with Crippen LogP contribution in [0.4, 0.5) is 0 Å². The van der Waals surface area contributed by atoms with E-state index in [9.17, 15) is 4.79 Å². The quantitative estimate of drug-likeness (QED) is 0.883. The van der Waals surface area contributed by atoms with Crippen molar-refractivity contribution < 1.29 is 4.79 Å². The van der Waals surface area contributed by atoms with Gasteiger partial charge in [-0.15, -0.1) is 0 Å². The van der Waals surface area contributed by atoms with Crippen molar-refractivity contribution in [3.8, 4) is 0 Å². The Bertz CT molecular complexity index is 531. The first-order valence-corrected chi connectivity index (χ1v) is 8.31. The van der Waals surface area contributed by atoms with E-state index in [-0.39, 0.29) is 18.2 Å². The molecular weight excluding hydrogens is 300 g/mol. The molecule has 1 aromatic rings. The van der Waals surface area contributed by atoms with Gasteiger partial charge in [0.15, 0.2) is 0 Å². The number of benzene rings is 1. The molecule has 2 atom stereocenters. The summed E-state index contributed by atoms with van der Waals surface area (Å²) in [6.07, 6.45) is 0.316. The lowest BCUT2D eigenvalue weighted by atomic mass is 10.0. The Morgan fingerprint density at radius 1 is 1.23 bits per heavy atom. The third-order valence-corrected chi connectivity index (χ3v) is 4.89. The summed E-state index contributed by atoms with van der Waals surface area (Å²) in [6, 6.07) is 7.71. The number of piperazine rings is 1. The first kappa shape index (κ1) is 15.7. The second-order valence-corrected chi connectivity index (χ2v) is 6.29. The number of amides is 1. The molecule has 0 radical (unpaired) electrons. The van der Waals surface area contributed by atoms with Crippen LogP contribution >= 0.6 is 11.6 Å². The van der Waals surface area contributed by atoms with Crippen LogP contribution in [0.15, 0.2) is 24.3 Å². The van der Waals surface area contributed by atoms with Crippen molar-refractivity contribution in [1.29, 1.82) is 0 Å². The maximum Gasteiger partial charge on any atom is 0.224 e. The molecule has 5 nitrogen and oxygen atoms in total. The van der Waals surface area contributed by atoms with Gasteiger partial charge in [0, 0.05) is 43.7 Å². The topological polar surface area (TPSA) is 47.6 Å². The maximum absolute atomic E-state index is 12.1. The van der Waals surface area contributed by atoms with Crippen molar-refractivity contribution in [1.82, 2.24) is 20.4 Å². The van der Waals surface area contributed by atoms with Crippen LogP contribution < -0.4 is 10.6 Å². The zero-order valence-electron chi connectivity index (χ0n) is 12.9. The van der Waals surface area contributed by atoms with Crippen molar-refractivity contribution >= 4 is 17.5 Å². The first-order valence-electron chi connectivity index (χ1n) is 7.93. The fourth-order valence-electron chi connectivity index (χ4n) is 3.18. The van der Waals surface area contributed by atoms with Crippen LogP contribution in [0.2, 0.25) is 5.02 Å².